The van der Waals surface area contributed by atoms with Gasteiger partial charge < -0.3 is 11.1 Å². The first kappa shape index (κ1) is 12.9. The molecule has 1 aliphatic carbocycles. The summed E-state index contributed by atoms with van der Waals surface area (Å²) in [6.45, 7) is 1.85. The smallest absolute Gasteiger partial charge is 0.124 e. The van der Waals surface area contributed by atoms with Crippen LogP contribution in [0.4, 0.5) is 0 Å². The normalized spacial score (nSPS) is 24.8. The van der Waals surface area contributed by atoms with E-state index in [-0.39, 0.29) is 0 Å². The molecule has 3 N–H and O–H groups in total. The van der Waals surface area contributed by atoms with Crippen LogP contribution in [0, 0.1) is 5.92 Å². The second kappa shape index (κ2) is 6.42. The largest absolute Gasteiger partial charge is 0.328 e. The Bertz CT molecular complexity index is 333. The van der Waals surface area contributed by atoms with E-state index in [0.717, 1.165) is 29.3 Å². The Labute approximate surface area is 111 Å². The minimum Gasteiger partial charge on any atom is -0.328 e. The van der Waals surface area contributed by atoms with Crippen molar-refractivity contribution in [2.45, 2.75) is 38.3 Å². The van der Waals surface area contributed by atoms with Crippen molar-refractivity contribution in [3.63, 3.8) is 0 Å². The van der Waals surface area contributed by atoms with Gasteiger partial charge in [0.2, 0.25) is 0 Å². The van der Waals surface area contributed by atoms with Gasteiger partial charge in [0.15, 0.2) is 0 Å². The molecule has 0 bridgehead atoms. The van der Waals surface area contributed by atoms with Gasteiger partial charge in [-0.2, -0.15) is 0 Å². The first-order valence-corrected chi connectivity index (χ1v) is 6.96. The molecule has 94 valence electrons. The lowest BCUT2D eigenvalue weighted by Gasteiger charge is -2.26. The van der Waals surface area contributed by atoms with Crippen molar-refractivity contribution in [1.82, 2.24) is 15.3 Å². The molecule has 17 heavy (non-hydrogen) atoms. The number of halogens is 1. The zero-order valence-electron chi connectivity index (χ0n) is 9.90. The van der Waals surface area contributed by atoms with Gasteiger partial charge in [0.1, 0.15) is 4.60 Å². The predicted octanol–water partition coefficient (Wildman–Crippen LogP) is 1.85. The van der Waals surface area contributed by atoms with Crippen LogP contribution in [0.1, 0.15) is 31.4 Å². The van der Waals surface area contributed by atoms with Crippen molar-refractivity contribution >= 4 is 15.9 Å². The standard InChI is InChI=1S/C12H19BrN4/c13-12-8-16-11(7-17-12)6-15-5-9-1-3-10(14)4-2-9/h7-10,15H,1-6,14H2. The molecule has 5 heteroatoms. The molecule has 1 fully saturated rings. The van der Waals surface area contributed by atoms with Gasteiger partial charge in [0.05, 0.1) is 18.1 Å². The van der Waals surface area contributed by atoms with Gasteiger partial charge in [-0.05, 0) is 54.1 Å². The van der Waals surface area contributed by atoms with E-state index in [9.17, 15) is 0 Å². The number of nitrogens with two attached hydrogens (primary N) is 1. The molecular formula is C12H19BrN4. The minimum absolute atomic E-state index is 0.434. The highest BCUT2D eigenvalue weighted by Crippen LogP contribution is 2.22. The van der Waals surface area contributed by atoms with Crippen molar-refractivity contribution in [3.05, 3.63) is 22.7 Å². The first-order valence-electron chi connectivity index (χ1n) is 6.17. The average molecular weight is 299 g/mol. The summed E-state index contributed by atoms with van der Waals surface area (Å²) in [5.74, 6) is 0.776. The highest BCUT2D eigenvalue weighted by atomic mass is 79.9. The van der Waals surface area contributed by atoms with Gasteiger partial charge >= 0.3 is 0 Å². The highest BCUT2D eigenvalue weighted by molar-refractivity contribution is 9.10. The fourth-order valence-electron chi connectivity index (χ4n) is 2.23. The van der Waals surface area contributed by atoms with Crippen LogP contribution >= 0.6 is 15.9 Å². The third kappa shape index (κ3) is 4.33. The summed E-state index contributed by atoms with van der Waals surface area (Å²) in [6.07, 6.45) is 8.37. The van der Waals surface area contributed by atoms with Crippen LogP contribution in [0.3, 0.4) is 0 Å². The number of rotatable bonds is 4. The van der Waals surface area contributed by atoms with E-state index < -0.39 is 0 Å². The molecule has 0 radical (unpaired) electrons. The van der Waals surface area contributed by atoms with Gasteiger partial charge in [-0.15, -0.1) is 0 Å². The molecule has 0 amide bonds. The lowest BCUT2D eigenvalue weighted by atomic mass is 9.86. The van der Waals surface area contributed by atoms with Gasteiger partial charge in [-0.25, -0.2) is 4.98 Å². The van der Waals surface area contributed by atoms with E-state index in [1.807, 2.05) is 0 Å². The van der Waals surface area contributed by atoms with E-state index in [0.29, 0.717) is 6.04 Å². The minimum atomic E-state index is 0.434. The quantitative estimate of drug-likeness (QED) is 0.890. The van der Waals surface area contributed by atoms with Crippen LogP contribution in [0.15, 0.2) is 17.0 Å². The molecule has 0 atom stereocenters. The van der Waals surface area contributed by atoms with Crippen LogP contribution in [-0.4, -0.2) is 22.6 Å². The lowest BCUT2D eigenvalue weighted by Crippen LogP contribution is -2.31. The monoisotopic (exact) mass is 298 g/mol. The summed E-state index contributed by atoms with van der Waals surface area (Å²) in [4.78, 5) is 8.43. The average Bonchev–Trinajstić information content (AvgIpc) is 2.34. The number of hydrogen-bond donors (Lipinski definition) is 2. The van der Waals surface area contributed by atoms with Crippen LogP contribution < -0.4 is 11.1 Å². The number of aromatic nitrogens is 2. The Morgan fingerprint density at radius 2 is 2.00 bits per heavy atom. The Hall–Kier alpha value is -0.520. The molecule has 0 spiro atoms. The van der Waals surface area contributed by atoms with E-state index in [2.05, 4.69) is 31.2 Å². The third-order valence-electron chi connectivity index (χ3n) is 3.30. The van der Waals surface area contributed by atoms with Gasteiger partial charge in [-0.3, -0.25) is 4.98 Å². The summed E-state index contributed by atoms with van der Waals surface area (Å²) in [5, 5.41) is 3.45. The van der Waals surface area contributed by atoms with E-state index in [1.54, 1.807) is 12.4 Å². The maximum atomic E-state index is 5.89. The summed E-state index contributed by atoms with van der Waals surface area (Å²) in [5.41, 5.74) is 6.87. The van der Waals surface area contributed by atoms with Crippen molar-refractivity contribution in [2.75, 3.05) is 6.54 Å². The summed E-state index contributed by atoms with van der Waals surface area (Å²) >= 11 is 3.28. The Balaban J connectivity index is 1.67. The number of nitrogens with zero attached hydrogens (tertiary/aromatic N) is 2. The molecule has 0 unspecified atom stereocenters. The van der Waals surface area contributed by atoms with Crippen molar-refractivity contribution in [3.8, 4) is 0 Å². The first-order chi connectivity index (χ1) is 8.24. The van der Waals surface area contributed by atoms with E-state index in [4.69, 9.17) is 5.73 Å². The third-order valence-corrected chi connectivity index (χ3v) is 3.71. The Morgan fingerprint density at radius 1 is 1.24 bits per heavy atom. The zero-order valence-corrected chi connectivity index (χ0v) is 11.5. The van der Waals surface area contributed by atoms with Gasteiger partial charge in [0.25, 0.3) is 0 Å². The van der Waals surface area contributed by atoms with Crippen LogP contribution in [-0.2, 0) is 6.54 Å². The molecule has 1 heterocycles. The van der Waals surface area contributed by atoms with Crippen LogP contribution in [0.2, 0.25) is 0 Å². The SMILES string of the molecule is NC1CCC(CNCc2cnc(Br)cn2)CC1. The predicted molar refractivity (Wildman–Crippen MR) is 71.4 cm³/mol. The molecule has 2 rings (SSSR count). The lowest BCUT2D eigenvalue weighted by molar-refractivity contribution is 0.314. The van der Waals surface area contributed by atoms with Crippen LogP contribution in [0.5, 0.6) is 0 Å². The molecule has 0 aromatic carbocycles. The zero-order chi connectivity index (χ0) is 12.1. The number of hydrogen-bond acceptors (Lipinski definition) is 4. The maximum Gasteiger partial charge on any atom is 0.124 e. The van der Waals surface area contributed by atoms with Gasteiger partial charge in [0, 0.05) is 12.6 Å². The molecule has 4 nitrogen and oxygen atoms in total. The molecule has 0 aliphatic heterocycles. The molecule has 1 aromatic rings. The van der Waals surface area contributed by atoms with Crippen molar-refractivity contribution < 1.29 is 0 Å². The second-order valence-corrected chi connectivity index (χ2v) is 5.55. The van der Waals surface area contributed by atoms with Gasteiger partial charge in [-0.1, -0.05) is 0 Å². The molecular weight excluding hydrogens is 280 g/mol. The maximum absolute atomic E-state index is 5.89. The molecule has 0 saturated heterocycles. The van der Waals surface area contributed by atoms with Crippen LogP contribution in [0.25, 0.3) is 0 Å². The topological polar surface area (TPSA) is 63.8 Å². The molecule has 1 aliphatic rings. The Kier molecular flexibility index (Phi) is 4.88. The summed E-state index contributed by atoms with van der Waals surface area (Å²) < 4.78 is 0.780. The fourth-order valence-corrected chi connectivity index (χ4v) is 2.43. The fraction of sp³-hybridized carbons (Fsp3) is 0.667. The van der Waals surface area contributed by atoms with Crippen molar-refractivity contribution in [2.24, 2.45) is 11.7 Å². The number of nitrogens with one attached hydrogen (secondary N) is 1. The Morgan fingerprint density at radius 3 is 2.65 bits per heavy atom. The van der Waals surface area contributed by atoms with E-state index >= 15 is 0 Å². The molecule has 1 saturated carbocycles. The van der Waals surface area contributed by atoms with Crippen molar-refractivity contribution in [1.29, 1.82) is 0 Å². The molecule has 1 aromatic heterocycles. The highest BCUT2D eigenvalue weighted by Gasteiger charge is 2.17. The summed E-state index contributed by atoms with van der Waals surface area (Å²) in [7, 11) is 0. The summed E-state index contributed by atoms with van der Waals surface area (Å²) in [6, 6.07) is 0.434. The van der Waals surface area contributed by atoms with E-state index in [1.165, 1.54) is 25.7 Å². The second-order valence-electron chi connectivity index (χ2n) is 4.74.